The molecule has 8 heteroatoms. The summed E-state index contributed by atoms with van der Waals surface area (Å²) in [7, 11) is 1.61. The van der Waals surface area contributed by atoms with E-state index >= 15 is 0 Å². The summed E-state index contributed by atoms with van der Waals surface area (Å²) in [6.07, 6.45) is 2.46. The second kappa shape index (κ2) is 10.6. The van der Waals surface area contributed by atoms with Gasteiger partial charge in [-0.05, 0) is 60.5 Å². The Morgan fingerprint density at radius 1 is 1.15 bits per heavy atom. The van der Waals surface area contributed by atoms with Gasteiger partial charge in [-0.25, -0.2) is 4.79 Å². The number of ether oxygens (including phenoxy) is 1. The summed E-state index contributed by atoms with van der Waals surface area (Å²) in [6, 6.07) is 18.4. The Morgan fingerprint density at radius 2 is 1.91 bits per heavy atom. The van der Waals surface area contributed by atoms with Gasteiger partial charge in [0.15, 0.2) is 0 Å². The monoisotopic (exact) mass is 466 g/mol. The third-order valence-corrected chi connectivity index (χ3v) is 6.14. The minimum absolute atomic E-state index is 0.0156. The fourth-order valence-electron chi connectivity index (χ4n) is 4.07. The van der Waals surface area contributed by atoms with Crippen LogP contribution in [0.5, 0.6) is 5.75 Å². The van der Waals surface area contributed by atoms with Gasteiger partial charge in [0.1, 0.15) is 5.75 Å². The van der Waals surface area contributed by atoms with Crippen molar-refractivity contribution in [2.24, 2.45) is 0 Å². The maximum absolute atomic E-state index is 12.7. The number of aliphatic hydroxyl groups is 1. The Kier molecular flexibility index (Phi) is 7.32. The van der Waals surface area contributed by atoms with E-state index in [0.29, 0.717) is 23.0 Å². The zero-order valence-corrected chi connectivity index (χ0v) is 19.1. The highest BCUT2D eigenvalue weighted by Crippen LogP contribution is 2.30. The van der Waals surface area contributed by atoms with Crippen LogP contribution in [-0.4, -0.2) is 42.4 Å². The molecule has 0 aliphatic carbocycles. The number of nitrogens with one attached hydrogen (secondary N) is 2. The SMILES string of the molecule is COc1ccc([C@@H]2CN(c3ccc(CO)cc3)CC[C@H]2NC(=O)Nc2ccc(Cl)cc2)nc1. The van der Waals surface area contributed by atoms with Gasteiger partial charge >= 0.3 is 6.03 Å². The maximum Gasteiger partial charge on any atom is 0.319 e. The van der Waals surface area contributed by atoms with Crippen molar-refractivity contribution in [1.82, 2.24) is 10.3 Å². The van der Waals surface area contributed by atoms with Crippen molar-refractivity contribution in [2.45, 2.75) is 25.0 Å². The van der Waals surface area contributed by atoms with Crippen LogP contribution in [0.2, 0.25) is 5.02 Å². The first-order valence-corrected chi connectivity index (χ1v) is 11.2. The molecule has 0 bridgehead atoms. The lowest BCUT2D eigenvalue weighted by Crippen LogP contribution is -2.51. The average Bonchev–Trinajstić information content (AvgIpc) is 2.86. The number of aromatic nitrogens is 1. The molecule has 0 radical (unpaired) electrons. The van der Waals surface area contributed by atoms with E-state index in [2.05, 4.69) is 20.5 Å². The smallest absolute Gasteiger partial charge is 0.319 e. The van der Waals surface area contributed by atoms with E-state index in [-0.39, 0.29) is 24.6 Å². The van der Waals surface area contributed by atoms with Gasteiger partial charge in [-0.2, -0.15) is 0 Å². The fourth-order valence-corrected chi connectivity index (χ4v) is 4.20. The average molecular weight is 467 g/mol. The molecule has 2 atom stereocenters. The largest absolute Gasteiger partial charge is 0.495 e. The van der Waals surface area contributed by atoms with Crippen LogP contribution in [-0.2, 0) is 6.61 Å². The molecule has 3 N–H and O–H groups in total. The first kappa shape index (κ1) is 22.9. The number of benzene rings is 2. The molecule has 4 rings (SSSR count). The minimum Gasteiger partial charge on any atom is -0.495 e. The predicted molar refractivity (Wildman–Crippen MR) is 130 cm³/mol. The fraction of sp³-hybridized carbons (Fsp3) is 0.280. The number of carbonyl (C=O) groups excluding carboxylic acids is 1. The molecule has 1 saturated heterocycles. The summed E-state index contributed by atoms with van der Waals surface area (Å²) in [4.78, 5) is 19.6. The van der Waals surface area contributed by atoms with Crippen molar-refractivity contribution in [3.8, 4) is 5.75 Å². The number of hydrogen-bond acceptors (Lipinski definition) is 5. The molecule has 1 aliphatic rings. The molecule has 3 aromatic rings. The zero-order chi connectivity index (χ0) is 23.2. The Labute approximate surface area is 198 Å². The van der Waals surface area contributed by atoms with Crippen LogP contribution in [0.3, 0.4) is 0 Å². The van der Waals surface area contributed by atoms with Crippen molar-refractivity contribution in [2.75, 3.05) is 30.4 Å². The van der Waals surface area contributed by atoms with Gasteiger partial charge in [-0.3, -0.25) is 4.98 Å². The molecule has 2 heterocycles. The van der Waals surface area contributed by atoms with E-state index < -0.39 is 0 Å². The van der Waals surface area contributed by atoms with Crippen LogP contribution in [0.4, 0.5) is 16.2 Å². The summed E-state index contributed by atoms with van der Waals surface area (Å²) < 4.78 is 5.25. The lowest BCUT2D eigenvalue weighted by Gasteiger charge is -2.40. The van der Waals surface area contributed by atoms with E-state index in [9.17, 15) is 9.90 Å². The maximum atomic E-state index is 12.7. The molecule has 2 amide bonds. The minimum atomic E-state index is -0.262. The second-order valence-electron chi connectivity index (χ2n) is 8.00. The predicted octanol–water partition coefficient (Wildman–Crippen LogP) is 4.42. The van der Waals surface area contributed by atoms with Crippen LogP contribution in [0, 0.1) is 0 Å². The number of halogens is 1. The lowest BCUT2D eigenvalue weighted by atomic mass is 9.88. The molecule has 1 aromatic heterocycles. The van der Waals surface area contributed by atoms with Gasteiger partial charge in [-0.1, -0.05) is 23.7 Å². The molecule has 33 heavy (non-hydrogen) atoms. The number of amides is 2. The standard InChI is InChI=1S/C25H27ClN4O3/c1-33-21-10-11-23(27-14-21)22-15-30(20-8-2-17(16-31)3-9-20)13-12-24(22)29-25(32)28-19-6-4-18(26)5-7-19/h2-11,14,22,24,31H,12-13,15-16H2,1H3,(H2,28,29,32)/t22-,24+/m0/s1. The number of rotatable bonds is 6. The molecule has 7 nitrogen and oxygen atoms in total. The highest BCUT2D eigenvalue weighted by atomic mass is 35.5. The van der Waals surface area contributed by atoms with E-state index in [1.165, 1.54) is 0 Å². The van der Waals surface area contributed by atoms with E-state index in [4.69, 9.17) is 16.3 Å². The molecular formula is C25H27ClN4O3. The van der Waals surface area contributed by atoms with Crippen LogP contribution in [0.25, 0.3) is 0 Å². The number of urea groups is 1. The molecule has 0 spiro atoms. The van der Waals surface area contributed by atoms with Crippen LogP contribution in [0.1, 0.15) is 23.6 Å². The highest BCUT2D eigenvalue weighted by Gasteiger charge is 2.32. The first-order valence-electron chi connectivity index (χ1n) is 10.8. The number of carbonyl (C=O) groups is 1. The summed E-state index contributed by atoms with van der Waals surface area (Å²) in [5.41, 5.74) is 3.53. The number of piperidine rings is 1. The number of aliphatic hydroxyl groups excluding tert-OH is 1. The number of pyridine rings is 1. The normalized spacial score (nSPS) is 18.0. The third kappa shape index (κ3) is 5.74. The molecular weight excluding hydrogens is 440 g/mol. The molecule has 0 saturated carbocycles. The molecule has 2 aromatic carbocycles. The number of anilines is 2. The molecule has 1 aliphatic heterocycles. The van der Waals surface area contributed by atoms with Gasteiger partial charge in [-0.15, -0.1) is 0 Å². The topological polar surface area (TPSA) is 86.7 Å². The lowest BCUT2D eigenvalue weighted by molar-refractivity contribution is 0.243. The Bertz CT molecular complexity index is 1060. The van der Waals surface area contributed by atoms with E-state index in [1.54, 1.807) is 37.6 Å². The molecule has 0 unspecified atom stereocenters. The molecule has 172 valence electrons. The number of hydrogen-bond donors (Lipinski definition) is 3. The summed E-state index contributed by atoms with van der Waals surface area (Å²) in [5, 5.41) is 16.0. The number of methoxy groups -OCH3 is 1. The Morgan fingerprint density at radius 3 is 2.55 bits per heavy atom. The highest BCUT2D eigenvalue weighted by molar-refractivity contribution is 6.30. The number of nitrogens with zero attached hydrogens (tertiary/aromatic N) is 2. The van der Waals surface area contributed by atoms with Gasteiger partial charge in [0.05, 0.1) is 19.9 Å². The second-order valence-corrected chi connectivity index (χ2v) is 8.44. The van der Waals surface area contributed by atoms with E-state index in [0.717, 1.165) is 29.9 Å². The Hall–Kier alpha value is -3.29. The summed E-state index contributed by atoms with van der Waals surface area (Å²) in [5.74, 6) is 0.675. The summed E-state index contributed by atoms with van der Waals surface area (Å²) in [6.45, 7) is 1.51. The van der Waals surface area contributed by atoms with Crippen molar-refractivity contribution >= 4 is 29.0 Å². The summed E-state index contributed by atoms with van der Waals surface area (Å²) >= 11 is 5.93. The van der Waals surface area contributed by atoms with Gasteiger partial charge in [0.2, 0.25) is 0 Å². The Balaban J connectivity index is 1.51. The zero-order valence-electron chi connectivity index (χ0n) is 18.4. The third-order valence-electron chi connectivity index (χ3n) is 5.89. The van der Waals surface area contributed by atoms with Crippen molar-refractivity contribution in [3.05, 3.63) is 83.1 Å². The van der Waals surface area contributed by atoms with Gasteiger partial charge < -0.3 is 25.4 Å². The first-order chi connectivity index (χ1) is 16.1. The van der Waals surface area contributed by atoms with Crippen molar-refractivity contribution in [1.29, 1.82) is 0 Å². The van der Waals surface area contributed by atoms with Crippen LogP contribution >= 0.6 is 11.6 Å². The van der Waals surface area contributed by atoms with E-state index in [1.807, 2.05) is 36.4 Å². The van der Waals surface area contributed by atoms with Crippen LogP contribution < -0.4 is 20.3 Å². The van der Waals surface area contributed by atoms with Crippen molar-refractivity contribution < 1.29 is 14.6 Å². The van der Waals surface area contributed by atoms with Gasteiger partial charge in [0, 0.05) is 47.1 Å². The molecule has 1 fully saturated rings. The van der Waals surface area contributed by atoms with Crippen LogP contribution in [0.15, 0.2) is 66.9 Å². The van der Waals surface area contributed by atoms with Crippen molar-refractivity contribution in [3.63, 3.8) is 0 Å². The quantitative estimate of drug-likeness (QED) is 0.500. The van der Waals surface area contributed by atoms with Gasteiger partial charge in [0.25, 0.3) is 0 Å².